The lowest BCUT2D eigenvalue weighted by atomic mass is 10.5. The topological polar surface area (TPSA) is 45.8 Å². The predicted molar refractivity (Wildman–Crippen MR) is 29.9 cm³/mol. The van der Waals surface area contributed by atoms with E-state index in [1.54, 1.807) is 4.98 Å². The molecule has 0 saturated carbocycles. The number of halogens is 3. The molecule has 1 heterocycles. The van der Waals surface area contributed by atoms with E-state index in [1.807, 2.05) is 0 Å². The molecule has 6 heteroatoms. The fraction of sp³-hybridized carbons (Fsp3) is 0.200. The molecular weight excluding hydrogens is 161 g/mol. The van der Waals surface area contributed by atoms with Gasteiger partial charge in [-0.05, 0) is 0 Å². The molecule has 0 atom stereocenters. The molecule has 0 unspecified atom stereocenters. The summed E-state index contributed by atoms with van der Waals surface area (Å²) in [6.07, 6.45) is -3.78. The quantitative estimate of drug-likeness (QED) is 0.616. The molecule has 11 heavy (non-hydrogen) atoms. The summed E-state index contributed by atoms with van der Waals surface area (Å²) in [6, 6.07) is 0.912. The van der Waals surface area contributed by atoms with E-state index in [1.165, 1.54) is 0 Å². The highest BCUT2D eigenvalue weighted by Crippen LogP contribution is 2.24. The van der Waals surface area contributed by atoms with Crippen LogP contribution in [0.2, 0.25) is 0 Å². The van der Waals surface area contributed by atoms with Crippen LogP contribution in [0.15, 0.2) is 17.1 Å². The van der Waals surface area contributed by atoms with Crippen molar-refractivity contribution in [1.29, 1.82) is 0 Å². The van der Waals surface area contributed by atoms with Crippen molar-refractivity contribution in [3.05, 3.63) is 28.4 Å². The summed E-state index contributed by atoms with van der Waals surface area (Å²) in [6.45, 7) is 0. The second-order valence-electron chi connectivity index (χ2n) is 1.78. The van der Waals surface area contributed by atoms with Gasteiger partial charge in [-0.2, -0.15) is 13.2 Å². The summed E-state index contributed by atoms with van der Waals surface area (Å²) >= 11 is 0. The number of nitrogens with one attached hydrogen (secondary N) is 1. The molecule has 3 nitrogen and oxygen atoms in total. The third kappa shape index (κ3) is 1.79. The fourth-order valence-corrected chi connectivity index (χ4v) is 0.514. The van der Waals surface area contributed by atoms with Crippen LogP contribution in [0, 0.1) is 0 Å². The van der Waals surface area contributed by atoms with Crippen molar-refractivity contribution in [1.82, 2.24) is 9.97 Å². The first-order valence-corrected chi connectivity index (χ1v) is 2.62. The van der Waals surface area contributed by atoms with E-state index in [4.69, 9.17) is 0 Å². The molecule has 1 aromatic rings. The standard InChI is InChI=1S/C5H3F3N2O/c6-5(7,8)4-9-2-1-3(11)10-4/h1-2H,(H,9,10,11). The first-order chi connectivity index (χ1) is 5.00. The van der Waals surface area contributed by atoms with Crippen LogP contribution in [0.5, 0.6) is 0 Å². The summed E-state index contributed by atoms with van der Waals surface area (Å²) in [7, 11) is 0. The van der Waals surface area contributed by atoms with Crippen molar-refractivity contribution < 1.29 is 13.2 Å². The van der Waals surface area contributed by atoms with E-state index in [-0.39, 0.29) is 0 Å². The minimum Gasteiger partial charge on any atom is -0.303 e. The third-order valence-electron chi connectivity index (χ3n) is 0.940. The second-order valence-corrected chi connectivity index (χ2v) is 1.78. The molecule has 1 N–H and O–H groups in total. The maximum Gasteiger partial charge on any atom is 0.449 e. The molecule has 0 aliphatic rings. The number of hydrogen-bond acceptors (Lipinski definition) is 2. The van der Waals surface area contributed by atoms with Gasteiger partial charge in [0.2, 0.25) is 5.82 Å². The number of aromatic nitrogens is 2. The van der Waals surface area contributed by atoms with Crippen LogP contribution < -0.4 is 5.56 Å². The average Bonchev–Trinajstić information content (AvgIpc) is 1.86. The Hall–Kier alpha value is -1.33. The van der Waals surface area contributed by atoms with Crippen molar-refractivity contribution in [2.45, 2.75) is 6.18 Å². The molecule has 60 valence electrons. The van der Waals surface area contributed by atoms with E-state index < -0.39 is 17.6 Å². The van der Waals surface area contributed by atoms with Gasteiger partial charge in [-0.25, -0.2) is 4.98 Å². The molecular formula is C5H3F3N2O. The number of alkyl halides is 3. The number of H-pyrrole nitrogens is 1. The predicted octanol–water partition coefficient (Wildman–Crippen LogP) is 0.789. The largest absolute Gasteiger partial charge is 0.449 e. The minimum atomic E-state index is -4.58. The van der Waals surface area contributed by atoms with Crippen molar-refractivity contribution in [3.8, 4) is 0 Å². The van der Waals surface area contributed by atoms with Gasteiger partial charge in [0.15, 0.2) is 0 Å². The maximum absolute atomic E-state index is 11.7. The molecule has 0 fully saturated rings. The lowest BCUT2D eigenvalue weighted by Crippen LogP contribution is -2.17. The van der Waals surface area contributed by atoms with Crippen LogP contribution in [0.1, 0.15) is 5.82 Å². The molecule has 1 rings (SSSR count). The van der Waals surface area contributed by atoms with Crippen LogP contribution in [-0.2, 0) is 6.18 Å². The van der Waals surface area contributed by atoms with E-state index in [0.29, 0.717) is 0 Å². The Kier molecular flexibility index (Phi) is 1.67. The van der Waals surface area contributed by atoms with E-state index in [2.05, 4.69) is 4.98 Å². The Morgan fingerprint density at radius 1 is 1.45 bits per heavy atom. The molecule has 0 saturated heterocycles. The van der Waals surface area contributed by atoms with Gasteiger partial charge in [-0.15, -0.1) is 0 Å². The van der Waals surface area contributed by atoms with Crippen molar-refractivity contribution in [3.63, 3.8) is 0 Å². The highest BCUT2D eigenvalue weighted by atomic mass is 19.4. The van der Waals surface area contributed by atoms with Crippen molar-refractivity contribution in [2.24, 2.45) is 0 Å². The normalized spacial score (nSPS) is 11.5. The summed E-state index contributed by atoms with van der Waals surface area (Å²) < 4.78 is 35.2. The van der Waals surface area contributed by atoms with Gasteiger partial charge in [0.05, 0.1) is 0 Å². The third-order valence-corrected chi connectivity index (χ3v) is 0.940. The van der Waals surface area contributed by atoms with Gasteiger partial charge >= 0.3 is 6.18 Å². The molecule has 0 amide bonds. The van der Waals surface area contributed by atoms with Crippen molar-refractivity contribution in [2.75, 3.05) is 0 Å². The monoisotopic (exact) mass is 164 g/mol. The van der Waals surface area contributed by atoms with Gasteiger partial charge in [0.1, 0.15) is 0 Å². The van der Waals surface area contributed by atoms with Crippen LogP contribution in [0.25, 0.3) is 0 Å². The van der Waals surface area contributed by atoms with E-state index in [0.717, 1.165) is 12.3 Å². The lowest BCUT2D eigenvalue weighted by Gasteiger charge is -2.02. The van der Waals surface area contributed by atoms with Crippen LogP contribution >= 0.6 is 0 Å². The molecule has 0 aliphatic carbocycles. The van der Waals surface area contributed by atoms with Gasteiger partial charge in [0.25, 0.3) is 5.56 Å². The zero-order chi connectivity index (χ0) is 8.48. The molecule has 0 bridgehead atoms. The highest BCUT2D eigenvalue weighted by molar-refractivity contribution is 4.92. The molecule has 0 radical (unpaired) electrons. The first-order valence-electron chi connectivity index (χ1n) is 2.62. The Morgan fingerprint density at radius 3 is 2.45 bits per heavy atom. The number of nitrogens with zero attached hydrogens (tertiary/aromatic N) is 1. The molecule has 0 aliphatic heterocycles. The highest BCUT2D eigenvalue weighted by Gasteiger charge is 2.33. The summed E-state index contributed by atoms with van der Waals surface area (Å²) in [5.41, 5.74) is -0.813. The molecule has 0 aromatic carbocycles. The van der Waals surface area contributed by atoms with Gasteiger partial charge in [-0.3, -0.25) is 4.79 Å². The SMILES string of the molecule is O=c1ccnc(C(F)(F)F)[nH]1. The Balaban J connectivity index is 3.16. The van der Waals surface area contributed by atoms with Crippen LogP contribution in [0.4, 0.5) is 13.2 Å². The van der Waals surface area contributed by atoms with E-state index in [9.17, 15) is 18.0 Å². The maximum atomic E-state index is 11.7. The summed E-state index contributed by atoms with van der Waals surface area (Å²) in [4.78, 5) is 14.8. The lowest BCUT2D eigenvalue weighted by molar-refractivity contribution is -0.145. The van der Waals surface area contributed by atoms with Crippen LogP contribution in [-0.4, -0.2) is 9.97 Å². The zero-order valence-electron chi connectivity index (χ0n) is 5.14. The zero-order valence-corrected chi connectivity index (χ0v) is 5.14. The number of hydrogen-bond donors (Lipinski definition) is 1. The Bertz CT molecular complexity index is 303. The van der Waals surface area contributed by atoms with E-state index >= 15 is 0 Å². The smallest absolute Gasteiger partial charge is 0.303 e. The summed E-state index contributed by atoms with van der Waals surface area (Å²) in [5.74, 6) is -1.27. The van der Waals surface area contributed by atoms with Gasteiger partial charge in [0, 0.05) is 12.3 Å². The molecule has 0 spiro atoms. The Labute approximate surface area is 58.9 Å². The van der Waals surface area contributed by atoms with Gasteiger partial charge in [-0.1, -0.05) is 0 Å². The average molecular weight is 164 g/mol. The minimum absolute atomic E-state index is 0.807. The molecule has 1 aromatic heterocycles. The van der Waals surface area contributed by atoms with Crippen molar-refractivity contribution >= 4 is 0 Å². The van der Waals surface area contributed by atoms with Gasteiger partial charge < -0.3 is 4.98 Å². The van der Waals surface area contributed by atoms with Crippen LogP contribution in [0.3, 0.4) is 0 Å². The Morgan fingerprint density at radius 2 is 2.09 bits per heavy atom. The number of rotatable bonds is 0. The number of aromatic amines is 1. The first kappa shape index (κ1) is 7.77. The fourth-order valence-electron chi connectivity index (χ4n) is 0.514. The summed E-state index contributed by atoms with van der Waals surface area (Å²) in [5, 5.41) is 0. The second kappa shape index (κ2) is 2.37.